The van der Waals surface area contributed by atoms with Gasteiger partial charge in [-0.1, -0.05) is 39.3 Å². The number of allylic oxidation sites excluding steroid dienone is 1. The van der Waals surface area contributed by atoms with Crippen molar-refractivity contribution in [3.05, 3.63) is 12.2 Å². The highest BCUT2D eigenvalue weighted by Gasteiger charge is 2.43. The fourth-order valence-electron chi connectivity index (χ4n) is 2.46. The van der Waals surface area contributed by atoms with Crippen LogP contribution in [0.2, 0.25) is 0 Å². The molecule has 0 aliphatic heterocycles. The zero-order valence-electron chi connectivity index (χ0n) is 10.0. The Labute approximate surface area is 88.2 Å². The molecule has 1 nitrogen and oxygen atoms in total. The molecule has 1 heteroatoms. The van der Waals surface area contributed by atoms with Gasteiger partial charge in [0, 0.05) is 0 Å². The summed E-state index contributed by atoms with van der Waals surface area (Å²) in [6.07, 6.45) is 8.87. The van der Waals surface area contributed by atoms with Crippen molar-refractivity contribution in [2.75, 3.05) is 0 Å². The molecule has 1 N–H and O–H groups in total. The molecule has 1 fully saturated rings. The summed E-state index contributed by atoms with van der Waals surface area (Å²) in [5.74, 6) is 0. The molecule has 0 spiro atoms. The van der Waals surface area contributed by atoms with E-state index in [-0.39, 0.29) is 6.10 Å². The van der Waals surface area contributed by atoms with Crippen molar-refractivity contribution in [3.63, 3.8) is 0 Å². The minimum absolute atomic E-state index is 0.303. The SMILES string of the molecule is CC(O)C=CCC1(C)CCCC1(C)C. The molecule has 1 aliphatic rings. The molecule has 2 unspecified atom stereocenters. The molecular weight excluding hydrogens is 172 g/mol. The first-order valence-electron chi connectivity index (χ1n) is 5.72. The summed E-state index contributed by atoms with van der Waals surface area (Å²) < 4.78 is 0. The lowest BCUT2D eigenvalue weighted by Gasteiger charge is -2.37. The number of hydrogen-bond acceptors (Lipinski definition) is 1. The molecule has 1 saturated carbocycles. The first kappa shape index (κ1) is 11.8. The monoisotopic (exact) mass is 196 g/mol. The zero-order valence-corrected chi connectivity index (χ0v) is 10.0. The number of rotatable bonds is 3. The second kappa shape index (κ2) is 4.06. The molecule has 82 valence electrons. The molecule has 1 rings (SSSR count). The lowest BCUT2D eigenvalue weighted by molar-refractivity contribution is 0.135. The molecule has 0 heterocycles. The smallest absolute Gasteiger partial charge is 0.0692 e. The van der Waals surface area contributed by atoms with Crippen LogP contribution in [0.3, 0.4) is 0 Å². The van der Waals surface area contributed by atoms with Gasteiger partial charge < -0.3 is 5.11 Å². The van der Waals surface area contributed by atoms with E-state index in [1.165, 1.54) is 19.3 Å². The molecule has 0 saturated heterocycles. The van der Waals surface area contributed by atoms with Gasteiger partial charge in [-0.15, -0.1) is 0 Å². The lowest BCUT2D eigenvalue weighted by Crippen LogP contribution is -2.28. The molecule has 2 atom stereocenters. The summed E-state index contributed by atoms with van der Waals surface area (Å²) in [5, 5.41) is 9.15. The predicted octanol–water partition coefficient (Wildman–Crippen LogP) is 3.53. The van der Waals surface area contributed by atoms with Crippen molar-refractivity contribution >= 4 is 0 Å². The second-order valence-corrected chi connectivity index (χ2v) is 5.67. The van der Waals surface area contributed by atoms with Crippen molar-refractivity contribution < 1.29 is 5.11 Å². The van der Waals surface area contributed by atoms with Crippen LogP contribution in [0.4, 0.5) is 0 Å². The maximum absolute atomic E-state index is 9.15. The van der Waals surface area contributed by atoms with Crippen LogP contribution < -0.4 is 0 Å². The van der Waals surface area contributed by atoms with Crippen molar-refractivity contribution in [2.24, 2.45) is 10.8 Å². The van der Waals surface area contributed by atoms with E-state index in [1.54, 1.807) is 6.92 Å². The van der Waals surface area contributed by atoms with Crippen LogP contribution in [-0.2, 0) is 0 Å². The Morgan fingerprint density at radius 2 is 1.93 bits per heavy atom. The molecule has 0 aromatic heterocycles. The summed E-state index contributed by atoms with van der Waals surface area (Å²) in [7, 11) is 0. The molecule has 0 bridgehead atoms. The Kier molecular flexibility index (Phi) is 3.41. The molecule has 0 radical (unpaired) electrons. The molecule has 0 amide bonds. The van der Waals surface area contributed by atoms with Crippen LogP contribution in [0.5, 0.6) is 0 Å². The maximum Gasteiger partial charge on any atom is 0.0692 e. The summed E-state index contributed by atoms with van der Waals surface area (Å²) in [6, 6.07) is 0. The van der Waals surface area contributed by atoms with Gasteiger partial charge in [-0.2, -0.15) is 0 Å². The Morgan fingerprint density at radius 1 is 1.29 bits per heavy atom. The quantitative estimate of drug-likeness (QED) is 0.685. The second-order valence-electron chi connectivity index (χ2n) is 5.67. The zero-order chi connectivity index (χ0) is 10.8. The molecule has 0 aromatic rings. The number of hydrogen-bond donors (Lipinski definition) is 1. The first-order chi connectivity index (χ1) is 6.37. The Balaban J connectivity index is 2.58. The maximum atomic E-state index is 9.15. The van der Waals surface area contributed by atoms with Crippen LogP contribution >= 0.6 is 0 Å². The third kappa shape index (κ3) is 2.38. The van der Waals surface area contributed by atoms with Crippen molar-refractivity contribution in [3.8, 4) is 0 Å². The average molecular weight is 196 g/mol. The van der Waals surface area contributed by atoms with Gasteiger partial charge in [-0.05, 0) is 37.0 Å². The van der Waals surface area contributed by atoms with Gasteiger partial charge >= 0.3 is 0 Å². The topological polar surface area (TPSA) is 20.2 Å². The minimum atomic E-state index is -0.303. The Bertz CT molecular complexity index is 215. The van der Waals surface area contributed by atoms with Gasteiger partial charge in [-0.25, -0.2) is 0 Å². The van der Waals surface area contributed by atoms with E-state index in [9.17, 15) is 0 Å². The van der Waals surface area contributed by atoms with Crippen LogP contribution in [0.1, 0.15) is 53.4 Å². The molecular formula is C13H24O. The lowest BCUT2D eigenvalue weighted by atomic mass is 9.67. The third-order valence-electron chi connectivity index (χ3n) is 4.15. The normalized spacial score (nSPS) is 33.8. The van der Waals surface area contributed by atoms with Crippen LogP contribution in [-0.4, -0.2) is 11.2 Å². The van der Waals surface area contributed by atoms with E-state index in [2.05, 4.69) is 26.8 Å². The van der Waals surface area contributed by atoms with Crippen LogP contribution in [0.15, 0.2) is 12.2 Å². The number of aliphatic hydroxyl groups is 1. The Hall–Kier alpha value is -0.300. The summed E-state index contributed by atoms with van der Waals surface area (Å²) in [4.78, 5) is 0. The summed E-state index contributed by atoms with van der Waals surface area (Å²) in [6.45, 7) is 8.93. The summed E-state index contributed by atoms with van der Waals surface area (Å²) in [5.41, 5.74) is 0.883. The third-order valence-corrected chi connectivity index (χ3v) is 4.15. The highest BCUT2D eigenvalue weighted by molar-refractivity contribution is 5.00. The van der Waals surface area contributed by atoms with E-state index < -0.39 is 0 Å². The molecule has 0 aromatic carbocycles. The van der Waals surface area contributed by atoms with Crippen LogP contribution in [0, 0.1) is 10.8 Å². The van der Waals surface area contributed by atoms with Crippen molar-refractivity contribution in [1.82, 2.24) is 0 Å². The molecule has 14 heavy (non-hydrogen) atoms. The van der Waals surface area contributed by atoms with Gasteiger partial charge in [0.2, 0.25) is 0 Å². The fourth-order valence-corrected chi connectivity index (χ4v) is 2.46. The van der Waals surface area contributed by atoms with Gasteiger partial charge in [0.15, 0.2) is 0 Å². The van der Waals surface area contributed by atoms with E-state index in [1.807, 2.05) is 6.08 Å². The largest absolute Gasteiger partial charge is 0.389 e. The van der Waals surface area contributed by atoms with Gasteiger partial charge in [-0.3, -0.25) is 0 Å². The number of aliphatic hydroxyl groups excluding tert-OH is 1. The predicted molar refractivity (Wildman–Crippen MR) is 61.2 cm³/mol. The van der Waals surface area contributed by atoms with Crippen molar-refractivity contribution in [2.45, 2.75) is 59.5 Å². The fraction of sp³-hybridized carbons (Fsp3) is 0.846. The van der Waals surface area contributed by atoms with E-state index in [4.69, 9.17) is 5.11 Å². The highest BCUT2D eigenvalue weighted by atomic mass is 16.3. The molecule has 1 aliphatic carbocycles. The van der Waals surface area contributed by atoms with Gasteiger partial charge in [0.25, 0.3) is 0 Å². The minimum Gasteiger partial charge on any atom is -0.389 e. The Morgan fingerprint density at radius 3 is 2.36 bits per heavy atom. The van der Waals surface area contributed by atoms with Gasteiger partial charge in [0.05, 0.1) is 6.10 Å². The van der Waals surface area contributed by atoms with E-state index in [0.717, 1.165) is 6.42 Å². The van der Waals surface area contributed by atoms with Crippen LogP contribution in [0.25, 0.3) is 0 Å². The van der Waals surface area contributed by atoms with E-state index >= 15 is 0 Å². The van der Waals surface area contributed by atoms with E-state index in [0.29, 0.717) is 10.8 Å². The average Bonchev–Trinajstić information content (AvgIpc) is 2.26. The van der Waals surface area contributed by atoms with Crippen molar-refractivity contribution in [1.29, 1.82) is 0 Å². The first-order valence-corrected chi connectivity index (χ1v) is 5.72. The highest BCUT2D eigenvalue weighted by Crippen LogP contribution is 2.54. The summed E-state index contributed by atoms with van der Waals surface area (Å²) >= 11 is 0. The van der Waals surface area contributed by atoms with Gasteiger partial charge in [0.1, 0.15) is 0 Å². The standard InChI is InChI=1S/C13H24O/c1-11(14)7-5-9-13(4)10-6-8-12(13,2)3/h5,7,11,14H,6,8-10H2,1-4H3.